The molecular weight excluding hydrogens is 414 g/mol. The number of nitrogens with zero attached hydrogens (tertiary/aromatic N) is 2. The van der Waals surface area contributed by atoms with Crippen LogP contribution in [-0.2, 0) is 21.6 Å². The minimum absolute atomic E-state index is 0.139. The van der Waals surface area contributed by atoms with Crippen LogP contribution in [0.25, 0.3) is 0 Å². The predicted octanol–water partition coefficient (Wildman–Crippen LogP) is 4.01. The van der Waals surface area contributed by atoms with Crippen molar-refractivity contribution in [2.45, 2.75) is 45.3 Å². The van der Waals surface area contributed by atoms with Gasteiger partial charge in [-0.25, -0.2) is 0 Å². The van der Waals surface area contributed by atoms with Crippen LogP contribution in [0.5, 0.6) is 5.75 Å². The lowest BCUT2D eigenvalue weighted by molar-refractivity contribution is -0.127. The zero-order valence-corrected chi connectivity index (χ0v) is 19.3. The van der Waals surface area contributed by atoms with E-state index in [1.54, 1.807) is 23.4 Å². The first-order valence-electron chi connectivity index (χ1n) is 10.9. The van der Waals surface area contributed by atoms with Crippen molar-refractivity contribution in [2.24, 2.45) is 11.7 Å². The molecule has 0 bridgehead atoms. The summed E-state index contributed by atoms with van der Waals surface area (Å²) in [6, 6.07) is 20.2. The number of ether oxygens (including phenoxy) is 1. The minimum Gasteiger partial charge on any atom is -0.489 e. The van der Waals surface area contributed by atoms with Gasteiger partial charge in [-0.1, -0.05) is 31.2 Å². The van der Waals surface area contributed by atoms with E-state index in [-0.39, 0.29) is 5.91 Å². The number of hydrogen-bond donors (Lipinski definition) is 1. The first-order chi connectivity index (χ1) is 15.7. The molecule has 0 aliphatic carbocycles. The molecular formula is C27H28N3O3. The van der Waals surface area contributed by atoms with E-state index in [4.69, 9.17) is 10.5 Å². The molecule has 169 valence electrons. The quantitative estimate of drug-likeness (QED) is 0.647. The van der Waals surface area contributed by atoms with Gasteiger partial charge in [-0.3, -0.25) is 14.6 Å². The Morgan fingerprint density at radius 3 is 2.48 bits per heavy atom. The number of nitrogens with two attached hydrogens (primary N) is 1. The Morgan fingerprint density at radius 2 is 1.88 bits per heavy atom. The number of pyridine rings is 1. The second-order valence-corrected chi connectivity index (χ2v) is 9.16. The number of carbonyl (C=O) groups is 2. The first kappa shape index (κ1) is 22.5. The number of rotatable bonds is 5. The molecule has 2 aromatic carbocycles. The molecule has 0 saturated carbocycles. The maximum atomic E-state index is 12.9. The number of aromatic nitrogens is 1. The van der Waals surface area contributed by atoms with Gasteiger partial charge >= 0.3 is 0 Å². The van der Waals surface area contributed by atoms with Gasteiger partial charge in [-0.2, -0.15) is 0 Å². The Hall–Kier alpha value is -3.67. The van der Waals surface area contributed by atoms with E-state index in [0.717, 1.165) is 22.4 Å². The fraction of sp³-hybridized carbons (Fsp3) is 0.296. The molecule has 6 nitrogen and oxygen atoms in total. The van der Waals surface area contributed by atoms with Crippen molar-refractivity contribution in [1.82, 2.24) is 4.98 Å². The molecule has 2 N–H and O–H groups in total. The number of amides is 2. The van der Waals surface area contributed by atoms with Crippen molar-refractivity contribution in [3.05, 3.63) is 89.7 Å². The van der Waals surface area contributed by atoms with Crippen molar-refractivity contribution in [3.8, 4) is 5.75 Å². The normalized spacial score (nSPS) is 21.2. The fourth-order valence-corrected chi connectivity index (χ4v) is 5.41. The van der Waals surface area contributed by atoms with E-state index >= 15 is 0 Å². The molecule has 2 atom stereocenters. The maximum absolute atomic E-state index is 12.9. The third-order valence-corrected chi connectivity index (χ3v) is 6.68. The Labute approximate surface area is 194 Å². The number of anilines is 1. The summed E-state index contributed by atoms with van der Waals surface area (Å²) < 4.78 is 5.91. The predicted molar refractivity (Wildman–Crippen MR) is 127 cm³/mol. The molecule has 3 aromatic rings. The Morgan fingerprint density at radius 1 is 1.15 bits per heavy atom. The zero-order chi connectivity index (χ0) is 23.8. The van der Waals surface area contributed by atoms with Gasteiger partial charge in [0.15, 0.2) is 0 Å². The van der Waals surface area contributed by atoms with Crippen molar-refractivity contribution in [1.29, 1.82) is 0 Å². The average Bonchev–Trinajstić information content (AvgIpc) is 2.77. The summed E-state index contributed by atoms with van der Waals surface area (Å²) in [4.78, 5) is 31.4. The average molecular weight is 443 g/mol. The largest absolute Gasteiger partial charge is 0.489 e. The van der Waals surface area contributed by atoms with Crippen LogP contribution >= 0.6 is 0 Å². The third-order valence-electron chi connectivity index (χ3n) is 6.68. The fourth-order valence-electron chi connectivity index (χ4n) is 5.41. The molecule has 33 heavy (non-hydrogen) atoms. The summed E-state index contributed by atoms with van der Waals surface area (Å²) in [7, 11) is 0. The highest BCUT2D eigenvalue weighted by Gasteiger charge is 2.57. The van der Waals surface area contributed by atoms with Crippen molar-refractivity contribution < 1.29 is 14.3 Å². The van der Waals surface area contributed by atoms with E-state index in [0.29, 0.717) is 12.4 Å². The lowest BCUT2D eigenvalue weighted by Crippen LogP contribution is -2.65. The van der Waals surface area contributed by atoms with E-state index in [1.165, 1.54) is 6.92 Å². The smallest absolute Gasteiger partial charge is 0.224 e. The Bertz CT molecular complexity index is 1170. The summed E-state index contributed by atoms with van der Waals surface area (Å²) in [6.45, 7) is 7.73. The molecule has 2 heterocycles. The topological polar surface area (TPSA) is 85.5 Å². The highest BCUT2D eigenvalue weighted by molar-refractivity contribution is 5.98. The van der Waals surface area contributed by atoms with Gasteiger partial charge in [-0.05, 0) is 61.4 Å². The molecule has 2 amide bonds. The van der Waals surface area contributed by atoms with Gasteiger partial charge in [0.2, 0.25) is 11.8 Å². The van der Waals surface area contributed by atoms with Crippen LogP contribution in [0.4, 0.5) is 5.69 Å². The minimum atomic E-state index is -0.837. The second-order valence-electron chi connectivity index (χ2n) is 9.16. The molecule has 1 aliphatic heterocycles. The van der Waals surface area contributed by atoms with Gasteiger partial charge < -0.3 is 15.4 Å². The van der Waals surface area contributed by atoms with E-state index in [9.17, 15) is 9.59 Å². The number of carbonyl (C=O) groups excluding carboxylic acids is 2. The zero-order valence-electron chi connectivity index (χ0n) is 19.3. The van der Waals surface area contributed by atoms with Crippen LogP contribution in [0.3, 0.4) is 0 Å². The molecule has 6 heteroatoms. The maximum Gasteiger partial charge on any atom is 0.224 e. The molecule has 4 rings (SSSR count). The second kappa shape index (κ2) is 8.35. The summed E-state index contributed by atoms with van der Waals surface area (Å²) in [5.74, 6) is -0.554. The molecule has 1 aliphatic rings. The van der Waals surface area contributed by atoms with Gasteiger partial charge in [-0.15, -0.1) is 0 Å². The van der Waals surface area contributed by atoms with Crippen LogP contribution in [0.2, 0.25) is 0 Å². The summed E-state index contributed by atoms with van der Waals surface area (Å²) in [5, 5.41) is 0. The monoisotopic (exact) mass is 442 g/mol. The van der Waals surface area contributed by atoms with Gasteiger partial charge in [0.1, 0.15) is 12.4 Å². The number of primary amides is 1. The third kappa shape index (κ3) is 3.75. The lowest BCUT2D eigenvalue weighted by Gasteiger charge is -2.55. The number of hydrogen-bond acceptors (Lipinski definition) is 4. The lowest BCUT2D eigenvalue weighted by atomic mass is 9.57. The van der Waals surface area contributed by atoms with E-state index < -0.39 is 22.8 Å². The van der Waals surface area contributed by atoms with E-state index in [1.807, 2.05) is 69.3 Å². The highest BCUT2D eigenvalue weighted by Crippen LogP contribution is 2.54. The number of fused-ring (bicyclic) bond motifs is 1. The van der Waals surface area contributed by atoms with Crippen LogP contribution in [0.15, 0.2) is 67.0 Å². The summed E-state index contributed by atoms with van der Waals surface area (Å²) in [5.41, 5.74) is 7.89. The molecule has 1 radical (unpaired) electrons. The van der Waals surface area contributed by atoms with Crippen LogP contribution < -0.4 is 15.4 Å². The van der Waals surface area contributed by atoms with Crippen molar-refractivity contribution >= 4 is 17.5 Å². The van der Waals surface area contributed by atoms with E-state index in [2.05, 4.69) is 11.1 Å². The molecule has 1 aromatic heterocycles. The van der Waals surface area contributed by atoms with Gasteiger partial charge in [0.25, 0.3) is 0 Å². The van der Waals surface area contributed by atoms with Crippen molar-refractivity contribution in [2.75, 3.05) is 4.90 Å². The van der Waals surface area contributed by atoms with Crippen molar-refractivity contribution in [3.63, 3.8) is 0 Å². The highest BCUT2D eigenvalue weighted by atomic mass is 16.5. The molecule has 0 saturated heterocycles. The Kier molecular flexibility index (Phi) is 5.70. The van der Waals surface area contributed by atoms with Gasteiger partial charge in [0.05, 0.1) is 11.5 Å². The van der Waals surface area contributed by atoms with Crippen LogP contribution in [0.1, 0.15) is 44.4 Å². The van der Waals surface area contributed by atoms with Crippen LogP contribution in [-0.4, -0.2) is 22.3 Å². The molecule has 2 unspecified atom stereocenters. The first-order valence-corrected chi connectivity index (χ1v) is 10.9. The van der Waals surface area contributed by atoms with Crippen LogP contribution in [0, 0.1) is 12.0 Å². The summed E-state index contributed by atoms with van der Waals surface area (Å²) in [6.07, 6.45) is 3.49. The molecule has 0 spiro atoms. The van der Waals surface area contributed by atoms with Gasteiger partial charge in [0, 0.05) is 36.0 Å². The SMILES string of the molecule is CC(=O)N1c2cc[c]cc2C(C)(c2ccc(OCc3cccnc3)cc2)C(C(N)=O)C1(C)C. The standard InChI is InChI=1S/C27H28N3O3/c1-18(31)30-23-10-6-5-9-22(23)27(4,24(25(28)32)26(30,2)3)20-11-13-21(14-12-20)33-17-19-8-7-15-29-16-19/h6-16,24H,17H2,1-4H3,(H2,28,32). The number of benzene rings is 2. The molecule has 0 fully saturated rings. The summed E-state index contributed by atoms with van der Waals surface area (Å²) >= 11 is 0. The Balaban J connectivity index is 1.78.